The van der Waals surface area contributed by atoms with Crippen LogP contribution in [0.2, 0.25) is 0 Å². The van der Waals surface area contributed by atoms with Crippen molar-refractivity contribution in [3.63, 3.8) is 0 Å². The molecule has 1 rings (SSSR count). The van der Waals surface area contributed by atoms with E-state index in [0.717, 1.165) is 6.26 Å². The van der Waals surface area contributed by atoms with E-state index in [9.17, 15) is 16.8 Å². The monoisotopic (exact) mass is 387 g/mol. The molecule has 23 heavy (non-hydrogen) atoms. The maximum Gasteiger partial charge on any atom is 0.271 e. The van der Waals surface area contributed by atoms with Gasteiger partial charge in [-0.3, -0.25) is 0 Å². The number of ether oxygens (including phenoxy) is 3. The van der Waals surface area contributed by atoms with Crippen molar-refractivity contribution in [2.24, 2.45) is 5.14 Å². The molecule has 0 saturated heterocycles. The minimum Gasteiger partial charge on any atom is -0.333 e. The summed E-state index contributed by atoms with van der Waals surface area (Å²) < 4.78 is 62.4. The number of nitrogens with two attached hydrogens (primary N) is 1. The molecule has 0 bridgehead atoms. The maximum absolute atomic E-state index is 12.0. The molecule has 1 aromatic rings. The first-order valence-electron chi connectivity index (χ1n) is 6.71. The minimum atomic E-state index is -4.01. The van der Waals surface area contributed by atoms with E-state index >= 15 is 0 Å². The molecule has 134 valence electrons. The van der Waals surface area contributed by atoms with Gasteiger partial charge in [-0.1, -0.05) is 6.92 Å². The Balaban J connectivity index is 3.34. The molecule has 0 amide bonds. The molecule has 2 unspecified atom stereocenters. The van der Waals surface area contributed by atoms with E-state index < -0.39 is 32.4 Å². The number of thiophene rings is 1. The molecular weight excluding hydrogens is 366 g/mol. The lowest BCUT2D eigenvalue weighted by molar-refractivity contribution is -0.295. The predicted octanol–water partition coefficient (Wildman–Crippen LogP) is 1.23. The highest BCUT2D eigenvalue weighted by Crippen LogP contribution is 2.37. The highest BCUT2D eigenvalue weighted by molar-refractivity contribution is 7.94. The molecule has 2 atom stereocenters. The summed E-state index contributed by atoms with van der Waals surface area (Å²) in [6.07, 6.45) is 0.664. The smallest absolute Gasteiger partial charge is 0.271 e. The molecule has 11 heteroatoms. The fraction of sp³-hybridized carbons (Fsp3) is 0.667. The van der Waals surface area contributed by atoms with E-state index in [1.54, 1.807) is 13.8 Å². The van der Waals surface area contributed by atoms with Crippen LogP contribution in [-0.2, 0) is 34.1 Å². The van der Waals surface area contributed by atoms with Gasteiger partial charge in [-0.25, -0.2) is 22.0 Å². The number of hydrogen-bond donors (Lipinski definition) is 1. The Hall–Kier alpha value is -0.560. The van der Waals surface area contributed by atoms with Gasteiger partial charge in [-0.15, -0.1) is 11.3 Å². The van der Waals surface area contributed by atoms with Crippen LogP contribution in [0.15, 0.2) is 14.5 Å². The lowest BCUT2D eigenvalue weighted by Crippen LogP contribution is -2.22. The number of hydrogen-bond acceptors (Lipinski definition) is 8. The zero-order chi connectivity index (χ0) is 17.8. The van der Waals surface area contributed by atoms with Crippen LogP contribution in [0, 0.1) is 0 Å². The molecule has 0 saturated carbocycles. The van der Waals surface area contributed by atoms with Gasteiger partial charge in [0.05, 0.1) is 6.10 Å². The first-order chi connectivity index (χ1) is 10.5. The molecule has 1 aromatic heterocycles. The van der Waals surface area contributed by atoms with Crippen LogP contribution in [0.25, 0.3) is 0 Å². The topological polar surface area (TPSA) is 122 Å². The van der Waals surface area contributed by atoms with Crippen molar-refractivity contribution in [1.82, 2.24) is 0 Å². The van der Waals surface area contributed by atoms with E-state index in [1.807, 2.05) is 0 Å². The SMILES string of the molecule is CCOC(OC)OC(CC)c1cc(S(N)(=O)=O)sc1S(C)(=O)=O. The summed E-state index contributed by atoms with van der Waals surface area (Å²) in [4.78, 5) is 0. The summed E-state index contributed by atoms with van der Waals surface area (Å²) in [7, 11) is -6.28. The van der Waals surface area contributed by atoms with Gasteiger partial charge in [-0.05, 0) is 19.4 Å². The Kier molecular flexibility index (Phi) is 7.13. The number of methoxy groups -OCH3 is 1. The van der Waals surface area contributed by atoms with Crippen molar-refractivity contribution in [2.75, 3.05) is 20.0 Å². The van der Waals surface area contributed by atoms with Crippen LogP contribution >= 0.6 is 11.3 Å². The fourth-order valence-electron chi connectivity index (χ4n) is 1.84. The zero-order valence-electron chi connectivity index (χ0n) is 13.3. The normalized spacial score (nSPS) is 15.5. The first-order valence-corrected chi connectivity index (χ1v) is 11.0. The number of sulfonamides is 1. The Bertz CT molecular complexity index is 724. The van der Waals surface area contributed by atoms with Crippen LogP contribution in [0.4, 0.5) is 0 Å². The van der Waals surface area contributed by atoms with Crippen molar-refractivity contribution in [2.45, 2.75) is 41.3 Å². The van der Waals surface area contributed by atoms with Gasteiger partial charge in [0.1, 0.15) is 8.42 Å². The van der Waals surface area contributed by atoms with Crippen molar-refractivity contribution in [3.8, 4) is 0 Å². The minimum absolute atomic E-state index is 0.0975. The van der Waals surface area contributed by atoms with Crippen LogP contribution in [-0.4, -0.2) is 43.3 Å². The average molecular weight is 388 g/mol. The van der Waals surface area contributed by atoms with Gasteiger partial charge >= 0.3 is 0 Å². The molecule has 0 aliphatic heterocycles. The molecule has 1 heterocycles. The second-order valence-corrected chi connectivity index (χ2v) is 9.69. The van der Waals surface area contributed by atoms with E-state index in [-0.39, 0.29) is 14.0 Å². The fourth-order valence-corrected chi connectivity index (χ4v) is 5.18. The summed E-state index contributed by atoms with van der Waals surface area (Å²) >= 11 is 0.603. The largest absolute Gasteiger partial charge is 0.333 e. The first kappa shape index (κ1) is 20.5. The summed E-state index contributed by atoms with van der Waals surface area (Å²) in [5.41, 5.74) is 0.228. The second-order valence-electron chi connectivity index (χ2n) is 4.64. The van der Waals surface area contributed by atoms with Gasteiger partial charge in [0.2, 0.25) is 10.0 Å². The Morgan fingerprint density at radius 1 is 1.26 bits per heavy atom. The lowest BCUT2D eigenvalue weighted by atomic mass is 10.1. The lowest BCUT2D eigenvalue weighted by Gasteiger charge is -2.22. The number of rotatable bonds is 9. The van der Waals surface area contributed by atoms with E-state index in [2.05, 4.69) is 0 Å². The highest BCUT2D eigenvalue weighted by Gasteiger charge is 2.29. The van der Waals surface area contributed by atoms with Crippen molar-refractivity contribution in [3.05, 3.63) is 11.6 Å². The summed E-state index contributed by atoms with van der Waals surface area (Å²) in [5.74, 6) is 0. The molecule has 0 radical (unpaired) electrons. The van der Waals surface area contributed by atoms with Gasteiger partial charge in [-0.2, -0.15) is 0 Å². The Morgan fingerprint density at radius 2 is 1.87 bits per heavy atom. The van der Waals surface area contributed by atoms with Crippen LogP contribution in [0.3, 0.4) is 0 Å². The second kappa shape index (κ2) is 8.01. The third-order valence-corrected chi connectivity index (χ3v) is 7.24. The van der Waals surface area contributed by atoms with E-state index in [1.165, 1.54) is 13.2 Å². The predicted molar refractivity (Wildman–Crippen MR) is 85.3 cm³/mol. The van der Waals surface area contributed by atoms with Crippen LogP contribution < -0.4 is 5.14 Å². The maximum atomic E-state index is 12.0. The highest BCUT2D eigenvalue weighted by atomic mass is 32.3. The third-order valence-electron chi connectivity index (χ3n) is 2.81. The number of sulfone groups is 1. The van der Waals surface area contributed by atoms with Crippen molar-refractivity contribution < 1.29 is 31.0 Å². The summed E-state index contributed by atoms with van der Waals surface area (Å²) in [6, 6.07) is 1.23. The molecule has 0 fully saturated rings. The van der Waals surface area contributed by atoms with Crippen LogP contribution in [0.5, 0.6) is 0 Å². The van der Waals surface area contributed by atoms with Gasteiger partial charge < -0.3 is 14.2 Å². The van der Waals surface area contributed by atoms with Gasteiger partial charge in [0.25, 0.3) is 6.48 Å². The molecular formula is C12H21NO7S3. The van der Waals surface area contributed by atoms with Crippen molar-refractivity contribution >= 4 is 31.2 Å². The number of primary sulfonamides is 1. The Labute approximate surface area is 140 Å². The van der Waals surface area contributed by atoms with Gasteiger partial charge in [0, 0.05) is 25.5 Å². The summed E-state index contributed by atoms with van der Waals surface area (Å²) in [5, 5.41) is 5.10. The third kappa shape index (κ3) is 5.48. The average Bonchev–Trinajstić information content (AvgIpc) is 2.88. The standard InChI is InChI=1S/C12H21NO7S3/c1-5-9(20-12(18-3)19-6-2)8-7-10(23(13,16)17)21-11(8)22(4,14)15/h7,9,12H,5-6H2,1-4H3,(H2,13,16,17). The molecule has 8 nitrogen and oxygen atoms in total. The summed E-state index contributed by atoms with van der Waals surface area (Å²) in [6.45, 7) is 2.86. The molecule has 0 aliphatic carbocycles. The van der Waals surface area contributed by atoms with Crippen LogP contribution in [0.1, 0.15) is 31.9 Å². The van der Waals surface area contributed by atoms with E-state index in [0.29, 0.717) is 24.4 Å². The Morgan fingerprint density at radius 3 is 2.26 bits per heavy atom. The van der Waals surface area contributed by atoms with Crippen molar-refractivity contribution in [1.29, 1.82) is 0 Å². The molecule has 2 N–H and O–H groups in total. The van der Waals surface area contributed by atoms with Gasteiger partial charge in [0.15, 0.2) is 9.84 Å². The molecule has 0 spiro atoms. The molecule has 0 aromatic carbocycles. The van der Waals surface area contributed by atoms with E-state index in [4.69, 9.17) is 19.3 Å². The quantitative estimate of drug-likeness (QED) is 0.632. The molecule has 0 aliphatic rings. The zero-order valence-corrected chi connectivity index (χ0v) is 15.8.